The van der Waals surface area contributed by atoms with Crippen molar-refractivity contribution in [2.45, 2.75) is 22.7 Å². The van der Waals surface area contributed by atoms with Crippen molar-refractivity contribution >= 4 is 56.5 Å². The number of nitrogens with zero attached hydrogens (tertiary/aromatic N) is 3. The SMILES string of the molecule is COc1ccc(/C(O)=C2/C(=O)C(=O)N(c3nnc(SCc4cccc5ccccc45)s3)C2c2ccc(OCc3ccccc3)c(OC)c2)cc1F. The summed E-state index contributed by atoms with van der Waals surface area (Å²) in [5.41, 5.74) is 2.24. The number of aromatic nitrogens is 2. The normalized spacial score (nSPS) is 15.4. The maximum absolute atomic E-state index is 14.8. The molecular formula is C39H30FN3O6S2. The number of carbonyl (C=O) groups is 2. The van der Waals surface area contributed by atoms with E-state index in [1.54, 1.807) is 18.2 Å². The number of hydrogen-bond donors (Lipinski definition) is 1. The highest BCUT2D eigenvalue weighted by Gasteiger charge is 2.48. The number of methoxy groups -OCH3 is 2. The molecule has 0 bridgehead atoms. The molecule has 0 radical (unpaired) electrons. The average Bonchev–Trinajstić information content (AvgIpc) is 3.74. The summed E-state index contributed by atoms with van der Waals surface area (Å²) in [7, 11) is 2.80. The highest BCUT2D eigenvalue weighted by molar-refractivity contribution is 8.00. The van der Waals surface area contributed by atoms with E-state index in [4.69, 9.17) is 14.2 Å². The van der Waals surface area contributed by atoms with E-state index in [1.807, 2.05) is 48.5 Å². The van der Waals surface area contributed by atoms with Crippen LogP contribution in [0.25, 0.3) is 16.5 Å². The Kier molecular flexibility index (Phi) is 9.69. The van der Waals surface area contributed by atoms with Gasteiger partial charge in [0.1, 0.15) is 12.4 Å². The number of benzene rings is 5. The number of rotatable bonds is 11. The Balaban J connectivity index is 1.26. The number of aliphatic hydroxyl groups is 1. The van der Waals surface area contributed by atoms with Gasteiger partial charge in [0.25, 0.3) is 5.78 Å². The van der Waals surface area contributed by atoms with Gasteiger partial charge in [0.05, 0.1) is 25.8 Å². The zero-order chi connectivity index (χ0) is 35.5. The van der Waals surface area contributed by atoms with Crippen LogP contribution >= 0.6 is 23.1 Å². The first-order valence-electron chi connectivity index (χ1n) is 15.8. The molecule has 0 saturated carbocycles. The van der Waals surface area contributed by atoms with Gasteiger partial charge < -0.3 is 19.3 Å². The van der Waals surface area contributed by atoms with E-state index in [-0.39, 0.29) is 28.6 Å². The number of ether oxygens (including phenoxy) is 3. The quantitative estimate of drug-likeness (QED) is 0.0465. The lowest BCUT2D eigenvalue weighted by Crippen LogP contribution is -2.29. The van der Waals surface area contributed by atoms with Crippen LogP contribution in [-0.4, -0.2) is 41.2 Å². The number of hydrogen-bond acceptors (Lipinski definition) is 10. The summed E-state index contributed by atoms with van der Waals surface area (Å²) in [6, 6.07) is 31.5. The number of fused-ring (bicyclic) bond motifs is 1. The molecule has 1 aromatic heterocycles. The summed E-state index contributed by atoms with van der Waals surface area (Å²) in [6.45, 7) is 0.280. The fraction of sp³-hybridized carbons (Fsp3) is 0.128. The molecule has 9 nitrogen and oxygen atoms in total. The van der Waals surface area contributed by atoms with E-state index in [0.29, 0.717) is 27.2 Å². The average molecular weight is 720 g/mol. The lowest BCUT2D eigenvalue weighted by molar-refractivity contribution is -0.132. The van der Waals surface area contributed by atoms with Crippen molar-refractivity contribution in [1.29, 1.82) is 0 Å². The third-order valence-corrected chi connectivity index (χ3v) is 10.5. The molecule has 1 aliphatic rings. The number of thioether (sulfide) groups is 1. The number of carbonyl (C=O) groups excluding carboxylic acids is 2. The van der Waals surface area contributed by atoms with E-state index in [1.165, 1.54) is 43.0 Å². The standard InChI is InChI=1S/C39H30FN3O6S2/c1-47-30-17-16-26(19-29(30)40)35(44)33-34(25-15-18-31(32(20-25)48-2)49-21-23-9-4-3-5-10-23)43(37(46)36(33)45)38-41-42-39(51-38)50-22-27-13-8-12-24-11-6-7-14-28(24)27/h3-20,34,44H,21-22H2,1-2H3/b35-33-. The van der Waals surface area contributed by atoms with Gasteiger partial charge in [-0.05, 0) is 57.8 Å². The molecule has 0 aliphatic carbocycles. The first kappa shape index (κ1) is 33.8. The molecule has 6 aromatic rings. The van der Waals surface area contributed by atoms with Crippen molar-refractivity contribution in [2.24, 2.45) is 0 Å². The second-order valence-electron chi connectivity index (χ2n) is 11.5. The highest BCUT2D eigenvalue weighted by Crippen LogP contribution is 2.46. The zero-order valence-corrected chi connectivity index (χ0v) is 29.0. The molecule has 1 unspecified atom stereocenters. The van der Waals surface area contributed by atoms with Crippen molar-refractivity contribution in [3.05, 3.63) is 143 Å². The summed E-state index contributed by atoms with van der Waals surface area (Å²) in [5, 5.41) is 22.6. The maximum Gasteiger partial charge on any atom is 0.301 e. The number of anilines is 1. The van der Waals surface area contributed by atoms with E-state index < -0.39 is 29.3 Å². The van der Waals surface area contributed by atoms with E-state index in [2.05, 4.69) is 34.5 Å². The second kappa shape index (κ2) is 14.6. The molecule has 5 aromatic carbocycles. The van der Waals surface area contributed by atoms with Crippen molar-refractivity contribution in [1.82, 2.24) is 10.2 Å². The minimum Gasteiger partial charge on any atom is -0.507 e. The van der Waals surface area contributed by atoms with Crippen LogP contribution in [0.4, 0.5) is 9.52 Å². The third-order valence-electron chi connectivity index (χ3n) is 8.44. The molecule has 2 heterocycles. The molecule has 1 fully saturated rings. The Labute approximate surface area is 300 Å². The summed E-state index contributed by atoms with van der Waals surface area (Å²) in [4.78, 5) is 28.8. The molecule has 1 atom stereocenters. The third kappa shape index (κ3) is 6.75. The monoisotopic (exact) mass is 719 g/mol. The Morgan fingerprint density at radius 2 is 1.61 bits per heavy atom. The molecule has 1 amide bonds. The minimum absolute atomic E-state index is 0.00493. The first-order chi connectivity index (χ1) is 24.9. The Morgan fingerprint density at radius 1 is 0.863 bits per heavy atom. The van der Waals surface area contributed by atoms with E-state index >= 15 is 0 Å². The second-order valence-corrected chi connectivity index (χ2v) is 13.7. The van der Waals surface area contributed by atoms with Gasteiger partial charge in [-0.25, -0.2) is 4.39 Å². The molecule has 7 rings (SSSR count). The molecule has 256 valence electrons. The summed E-state index contributed by atoms with van der Waals surface area (Å²) >= 11 is 2.61. The number of Topliss-reactive ketones (excluding diaryl/α,β-unsaturated/α-hetero) is 1. The molecule has 0 spiro atoms. The van der Waals surface area contributed by atoms with Crippen molar-refractivity contribution < 1.29 is 33.3 Å². The molecule has 1 N–H and O–H groups in total. The summed E-state index contributed by atoms with van der Waals surface area (Å²) in [5.74, 6) is -1.84. The van der Waals surface area contributed by atoms with Gasteiger partial charge in [-0.2, -0.15) is 0 Å². The molecule has 1 aliphatic heterocycles. The van der Waals surface area contributed by atoms with Gasteiger partial charge >= 0.3 is 5.91 Å². The fourth-order valence-corrected chi connectivity index (χ4v) is 7.81. The van der Waals surface area contributed by atoms with Crippen LogP contribution in [0.15, 0.2) is 119 Å². The van der Waals surface area contributed by atoms with Gasteiger partial charge in [-0.15, -0.1) is 10.2 Å². The van der Waals surface area contributed by atoms with Gasteiger partial charge in [0, 0.05) is 11.3 Å². The van der Waals surface area contributed by atoms with Gasteiger partial charge in [0.15, 0.2) is 27.4 Å². The van der Waals surface area contributed by atoms with Crippen molar-refractivity contribution in [2.75, 3.05) is 19.1 Å². The number of aliphatic hydroxyl groups excluding tert-OH is 1. The van der Waals surface area contributed by atoms with Crippen LogP contribution in [0.1, 0.15) is 28.3 Å². The Hall–Kier alpha value is -5.72. The first-order valence-corrected chi connectivity index (χ1v) is 17.6. The minimum atomic E-state index is -1.16. The smallest absolute Gasteiger partial charge is 0.301 e. The van der Waals surface area contributed by atoms with Gasteiger partial charge in [-0.3, -0.25) is 14.5 Å². The predicted octanol–water partition coefficient (Wildman–Crippen LogP) is 8.35. The number of halogens is 1. The Bertz CT molecular complexity index is 2290. The predicted molar refractivity (Wildman–Crippen MR) is 195 cm³/mol. The lowest BCUT2D eigenvalue weighted by atomic mass is 9.95. The van der Waals surface area contributed by atoms with Crippen LogP contribution < -0.4 is 19.1 Å². The van der Waals surface area contributed by atoms with Crippen LogP contribution in [0.5, 0.6) is 17.2 Å². The lowest BCUT2D eigenvalue weighted by Gasteiger charge is -2.23. The van der Waals surface area contributed by atoms with Crippen LogP contribution in [0.3, 0.4) is 0 Å². The van der Waals surface area contributed by atoms with Crippen molar-refractivity contribution in [3.8, 4) is 17.2 Å². The van der Waals surface area contributed by atoms with Gasteiger partial charge in [0.2, 0.25) is 5.13 Å². The molecule has 1 saturated heterocycles. The molecule has 12 heteroatoms. The van der Waals surface area contributed by atoms with E-state index in [9.17, 15) is 19.1 Å². The van der Waals surface area contributed by atoms with Crippen LogP contribution in [0, 0.1) is 5.82 Å². The summed E-state index contributed by atoms with van der Waals surface area (Å²) in [6.07, 6.45) is 0. The van der Waals surface area contributed by atoms with E-state index in [0.717, 1.165) is 39.3 Å². The summed E-state index contributed by atoms with van der Waals surface area (Å²) < 4.78 is 32.1. The fourth-order valence-electron chi connectivity index (χ4n) is 5.94. The molecular weight excluding hydrogens is 690 g/mol. The largest absolute Gasteiger partial charge is 0.507 e. The van der Waals surface area contributed by atoms with Crippen LogP contribution in [0.2, 0.25) is 0 Å². The highest BCUT2D eigenvalue weighted by atomic mass is 32.2. The Morgan fingerprint density at radius 3 is 2.39 bits per heavy atom. The maximum atomic E-state index is 14.8. The van der Waals surface area contributed by atoms with Crippen LogP contribution in [-0.2, 0) is 21.9 Å². The number of amides is 1. The topological polar surface area (TPSA) is 111 Å². The van der Waals surface area contributed by atoms with Crippen molar-refractivity contribution in [3.63, 3.8) is 0 Å². The zero-order valence-electron chi connectivity index (χ0n) is 27.4. The van der Waals surface area contributed by atoms with Gasteiger partial charge in [-0.1, -0.05) is 102 Å². The molecule has 51 heavy (non-hydrogen) atoms. The number of ketones is 1.